The number of carbonyl (C=O) groups is 3. The molecule has 0 saturated heterocycles. The molecule has 0 saturated carbocycles. The highest BCUT2D eigenvalue weighted by Crippen LogP contribution is 2.22. The summed E-state index contributed by atoms with van der Waals surface area (Å²) in [4.78, 5) is 32.9. The van der Waals surface area contributed by atoms with Crippen LogP contribution in [-0.4, -0.2) is 34.2 Å². The summed E-state index contributed by atoms with van der Waals surface area (Å²) in [6, 6.07) is 3.47. The van der Waals surface area contributed by atoms with Gasteiger partial charge in [-0.05, 0) is 18.2 Å². The van der Waals surface area contributed by atoms with Crippen molar-refractivity contribution in [1.29, 1.82) is 5.26 Å². The fraction of sp³-hybridized carbons (Fsp3) is 0.167. The number of urea groups is 1. The molecule has 0 aromatic heterocycles. The fourth-order valence-electron chi connectivity index (χ4n) is 1.38. The first-order chi connectivity index (χ1) is 9.83. The Labute approximate surface area is 123 Å². The fourth-order valence-corrected chi connectivity index (χ4v) is 1.61. The van der Waals surface area contributed by atoms with Gasteiger partial charge in [-0.25, -0.2) is 9.59 Å². The van der Waals surface area contributed by atoms with E-state index in [1.54, 1.807) is 0 Å². The summed E-state index contributed by atoms with van der Waals surface area (Å²) < 4.78 is 0. The lowest BCUT2D eigenvalue weighted by Gasteiger charge is -2.14. The third kappa shape index (κ3) is 5.00. The van der Waals surface area contributed by atoms with Crippen molar-refractivity contribution in [2.45, 2.75) is 12.5 Å². The molecule has 0 aliphatic heterocycles. The third-order valence-electron chi connectivity index (χ3n) is 2.33. The lowest BCUT2D eigenvalue weighted by atomic mass is 10.2. The molecule has 2 amide bonds. The molecule has 0 aliphatic carbocycles. The van der Waals surface area contributed by atoms with Gasteiger partial charge in [-0.15, -0.1) is 0 Å². The molecule has 1 atom stereocenters. The van der Waals surface area contributed by atoms with Gasteiger partial charge in [0.1, 0.15) is 6.04 Å². The molecule has 4 N–H and O–H groups in total. The summed E-state index contributed by atoms with van der Waals surface area (Å²) in [6.07, 6.45) is -0.760. The van der Waals surface area contributed by atoms with Crippen molar-refractivity contribution >= 4 is 35.3 Å². The average Bonchev–Trinajstić information content (AvgIpc) is 2.39. The van der Waals surface area contributed by atoms with Crippen molar-refractivity contribution in [3.63, 3.8) is 0 Å². The average molecular weight is 312 g/mol. The first-order valence-electron chi connectivity index (χ1n) is 5.55. The summed E-state index contributed by atoms with van der Waals surface area (Å²) in [5, 5.41) is 30.4. The van der Waals surface area contributed by atoms with E-state index in [0.29, 0.717) is 5.56 Å². The van der Waals surface area contributed by atoms with E-state index in [1.807, 2.05) is 11.4 Å². The van der Waals surface area contributed by atoms with Crippen LogP contribution in [0, 0.1) is 11.3 Å². The van der Waals surface area contributed by atoms with Crippen molar-refractivity contribution in [3.8, 4) is 6.07 Å². The number of anilines is 1. The SMILES string of the molecule is N#Cc1ccc(NC(=O)N[C@@H](CC(=O)O)C(=O)O)c(Cl)c1. The normalized spacial score (nSPS) is 11.0. The van der Waals surface area contributed by atoms with E-state index in [-0.39, 0.29) is 10.7 Å². The van der Waals surface area contributed by atoms with Crippen molar-refractivity contribution in [1.82, 2.24) is 5.32 Å². The largest absolute Gasteiger partial charge is 0.481 e. The number of carboxylic acid groups (broad SMARTS) is 2. The van der Waals surface area contributed by atoms with Gasteiger partial charge < -0.3 is 20.8 Å². The second-order valence-electron chi connectivity index (χ2n) is 3.89. The van der Waals surface area contributed by atoms with E-state index in [1.165, 1.54) is 18.2 Å². The van der Waals surface area contributed by atoms with Gasteiger partial charge in [-0.3, -0.25) is 4.79 Å². The molecule has 110 valence electrons. The zero-order valence-electron chi connectivity index (χ0n) is 10.5. The van der Waals surface area contributed by atoms with Crippen molar-refractivity contribution < 1.29 is 24.6 Å². The molecular formula is C12H10ClN3O5. The Kier molecular flexibility index (Phi) is 5.51. The number of carbonyl (C=O) groups excluding carboxylic acids is 1. The Morgan fingerprint density at radius 2 is 2.00 bits per heavy atom. The van der Waals surface area contributed by atoms with Crippen LogP contribution in [0.25, 0.3) is 0 Å². The van der Waals surface area contributed by atoms with Crippen LogP contribution in [0.2, 0.25) is 5.02 Å². The van der Waals surface area contributed by atoms with Gasteiger partial charge >= 0.3 is 18.0 Å². The number of hydrogen-bond acceptors (Lipinski definition) is 4. The molecule has 21 heavy (non-hydrogen) atoms. The number of nitrogens with zero attached hydrogens (tertiary/aromatic N) is 1. The number of benzene rings is 1. The number of nitrogens with one attached hydrogen (secondary N) is 2. The van der Waals surface area contributed by atoms with Crippen LogP contribution in [0.5, 0.6) is 0 Å². The summed E-state index contributed by atoms with van der Waals surface area (Å²) in [5.74, 6) is -2.84. The summed E-state index contributed by atoms with van der Waals surface area (Å²) in [6.45, 7) is 0. The molecule has 0 spiro atoms. The maximum Gasteiger partial charge on any atom is 0.326 e. The maximum absolute atomic E-state index is 11.6. The Balaban J connectivity index is 2.75. The Hall–Kier alpha value is -2.79. The first-order valence-corrected chi connectivity index (χ1v) is 5.93. The first kappa shape index (κ1) is 16.3. The molecule has 1 rings (SSSR count). The number of hydrogen-bond donors (Lipinski definition) is 4. The predicted molar refractivity (Wildman–Crippen MR) is 72.0 cm³/mol. The highest BCUT2D eigenvalue weighted by molar-refractivity contribution is 6.33. The van der Waals surface area contributed by atoms with Gasteiger partial charge in [0.15, 0.2) is 0 Å². The van der Waals surface area contributed by atoms with Crippen LogP contribution in [-0.2, 0) is 9.59 Å². The van der Waals surface area contributed by atoms with Crippen molar-refractivity contribution in [2.75, 3.05) is 5.32 Å². The molecule has 0 unspecified atom stereocenters. The van der Waals surface area contributed by atoms with E-state index in [0.717, 1.165) is 0 Å². The van der Waals surface area contributed by atoms with Crippen LogP contribution < -0.4 is 10.6 Å². The Morgan fingerprint density at radius 3 is 2.48 bits per heavy atom. The lowest BCUT2D eigenvalue weighted by Crippen LogP contribution is -2.44. The minimum atomic E-state index is -1.57. The predicted octanol–water partition coefficient (Wildman–Crippen LogP) is 1.26. The molecule has 1 aromatic rings. The number of nitriles is 1. The molecule has 0 aliphatic rings. The van der Waals surface area contributed by atoms with Crippen LogP contribution >= 0.6 is 11.6 Å². The van der Waals surface area contributed by atoms with Gasteiger partial charge in [-0.1, -0.05) is 11.6 Å². The van der Waals surface area contributed by atoms with Gasteiger partial charge in [-0.2, -0.15) is 5.26 Å². The van der Waals surface area contributed by atoms with Gasteiger partial charge in [0.2, 0.25) is 0 Å². The zero-order chi connectivity index (χ0) is 16.0. The molecule has 0 radical (unpaired) electrons. The van der Waals surface area contributed by atoms with E-state index >= 15 is 0 Å². The van der Waals surface area contributed by atoms with Crippen molar-refractivity contribution in [2.24, 2.45) is 0 Å². The van der Waals surface area contributed by atoms with Crippen LogP contribution in [0.15, 0.2) is 18.2 Å². The maximum atomic E-state index is 11.6. The zero-order valence-corrected chi connectivity index (χ0v) is 11.2. The monoisotopic (exact) mass is 311 g/mol. The highest BCUT2D eigenvalue weighted by Gasteiger charge is 2.23. The smallest absolute Gasteiger partial charge is 0.326 e. The minimum absolute atomic E-state index is 0.0920. The van der Waals surface area contributed by atoms with Crippen LogP contribution in [0.4, 0.5) is 10.5 Å². The minimum Gasteiger partial charge on any atom is -0.481 e. The van der Waals surface area contributed by atoms with E-state index in [9.17, 15) is 14.4 Å². The number of amides is 2. The van der Waals surface area contributed by atoms with E-state index < -0.39 is 30.4 Å². The van der Waals surface area contributed by atoms with E-state index in [4.69, 9.17) is 27.1 Å². The summed E-state index contributed by atoms with van der Waals surface area (Å²) in [7, 11) is 0. The van der Waals surface area contributed by atoms with Gasteiger partial charge in [0.25, 0.3) is 0 Å². The second kappa shape index (κ2) is 7.12. The molecule has 8 nitrogen and oxygen atoms in total. The molecular weight excluding hydrogens is 302 g/mol. The third-order valence-corrected chi connectivity index (χ3v) is 2.64. The van der Waals surface area contributed by atoms with E-state index in [2.05, 4.69) is 5.32 Å². The molecule has 9 heteroatoms. The molecule has 0 bridgehead atoms. The number of carboxylic acids is 2. The van der Waals surface area contributed by atoms with Crippen molar-refractivity contribution in [3.05, 3.63) is 28.8 Å². The van der Waals surface area contributed by atoms with Crippen LogP contribution in [0.1, 0.15) is 12.0 Å². The Morgan fingerprint density at radius 1 is 1.33 bits per heavy atom. The van der Waals surface area contributed by atoms with Gasteiger partial charge in [0, 0.05) is 0 Å². The van der Waals surface area contributed by atoms with Crippen LogP contribution in [0.3, 0.4) is 0 Å². The second-order valence-corrected chi connectivity index (χ2v) is 4.30. The Bertz CT molecular complexity index is 626. The summed E-state index contributed by atoms with van der Waals surface area (Å²) in [5.41, 5.74) is 0.452. The number of rotatable bonds is 5. The molecule has 0 heterocycles. The molecule has 0 fully saturated rings. The number of aliphatic carboxylic acids is 2. The van der Waals surface area contributed by atoms with Gasteiger partial charge in [0.05, 0.1) is 28.8 Å². The standard InChI is InChI=1S/C12H10ClN3O5/c13-7-3-6(5-14)1-2-8(7)15-12(21)16-9(11(19)20)4-10(17)18/h1-3,9H,4H2,(H,17,18)(H,19,20)(H2,15,16,21)/t9-/m0/s1. The summed E-state index contributed by atoms with van der Waals surface area (Å²) >= 11 is 5.83. The highest BCUT2D eigenvalue weighted by atomic mass is 35.5. The molecule has 1 aromatic carbocycles. The topological polar surface area (TPSA) is 140 Å². The number of halogens is 1. The lowest BCUT2D eigenvalue weighted by molar-refractivity contribution is -0.145. The quantitative estimate of drug-likeness (QED) is 0.645.